The number of aromatic nitrogens is 2. The number of hydrogen-bond donors (Lipinski definition) is 0. The second-order valence-corrected chi connectivity index (χ2v) is 8.54. The van der Waals surface area contributed by atoms with Gasteiger partial charge in [-0.2, -0.15) is 0 Å². The number of piperazine rings is 1. The number of rotatable bonds is 5. The molecule has 8 heteroatoms. The molecule has 1 fully saturated rings. The predicted octanol–water partition coefficient (Wildman–Crippen LogP) is 4.88. The maximum Gasteiger partial charge on any atom is 0.255 e. The molecule has 0 amide bonds. The Kier molecular flexibility index (Phi) is 9.19. The van der Waals surface area contributed by atoms with Gasteiger partial charge in [-0.1, -0.05) is 56.7 Å². The van der Waals surface area contributed by atoms with Crippen LogP contribution in [0.3, 0.4) is 0 Å². The first-order valence-corrected chi connectivity index (χ1v) is 12.2. The van der Waals surface area contributed by atoms with E-state index in [1.54, 1.807) is 19.2 Å². The van der Waals surface area contributed by atoms with Crippen molar-refractivity contribution in [2.24, 2.45) is 12.0 Å². The highest BCUT2D eigenvalue weighted by molar-refractivity contribution is 6.30. The SMILES string of the molecule is CC.CCC1CN(c2nc(C3=C(F)C=NCC=C3)cc(=O)n2C)CCN1Cc1ccc(Cl)cc1. The largest absolute Gasteiger partial charge is 0.339 e. The van der Waals surface area contributed by atoms with Gasteiger partial charge < -0.3 is 4.90 Å². The third kappa shape index (κ3) is 6.02. The van der Waals surface area contributed by atoms with E-state index in [0.717, 1.165) is 37.6 Å². The lowest BCUT2D eigenvalue weighted by atomic mass is 10.1. The molecule has 6 nitrogen and oxygen atoms in total. The zero-order valence-electron chi connectivity index (χ0n) is 20.3. The molecule has 0 aliphatic carbocycles. The summed E-state index contributed by atoms with van der Waals surface area (Å²) < 4.78 is 16.0. The van der Waals surface area contributed by atoms with Crippen LogP contribution in [0.5, 0.6) is 0 Å². The number of allylic oxidation sites excluding steroid dienone is 3. The minimum atomic E-state index is -0.482. The highest BCUT2D eigenvalue weighted by Crippen LogP contribution is 2.24. The van der Waals surface area contributed by atoms with Crippen LogP contribution in [0.4, 0.5) is 10.3 Å². The van der Waals surface area contributed by atoms with Crippen molar-refractivity contribution in [3.63, 3.8) is 0 Å². The zero-order valence-corrected chi connectivity index (χ0v) is 21.1. The number of halogens is 2. The molecule has 0 spiro atoms. The lowest BCUT2D eigenvalue weighted by Crippen LogP contribution is -2.53. The molecule has 2 aliphatic rings. The van der Waals surface area contributed by atoms with Crippen molar-refractivity contribution in [1.82, 2.24) is 14.5 Å². The van der Waals surface area contributed by atoms with Crippen LogP contribution in [0.25, 0.3) is 5.57 Å². The van der Waals surface area contributed by atoms with Gasteiger partial charge in [-0.15, -0.1) is 0 Å². The Labute approximate surface area is 206 Å². The van der Waals surface area contributed by atoms with Gasteiger partial charge in [0.15, 0.2) is 0 Å². The monoisotopic (exact) mass is 485 g/mol. The molecule has 0 saturated carbocycles. The predicted molar refractivity (Wildman–Crippen MR) is 140 cm³/mol. The van der Waals surface area contributed by atoms with E-state index in [4.69, 9.17) is 16.6 Å². The fraction of sp³-hybridized carbons (Fsp3) is 0.423. The molecular formula is C26H33ClFN5O. The smallest absolute Gasteiger partial charge is 0.255 e. The molecule has 34 heavy (non-hydrogen) atoms. The molecule has 2 aromatic rings. The lowest BCUT2D eigenvalue weighted by Gasteiger charge is -2.42. The van der Waals surface area contributed by atoms with Gasteiger partial charge in [0.2, 0.25) is 5.95 Å². The summed E-state index contributed by atoms with van der Waals surface area (Å²) in [6.45, 7) is 9.73. The number of hydrogen-bond acceptors (Lipinski definition) is 5. The summed E-state index contributed by atoms with van der Waals surface area (Å²) in [7, 11) is 1.71. The van der Waals surface area contributed by atoms with Crippen LogP contribution >= 0.6 is 11.6 Å². The number of aliphatic imine (C=N–C) groups is 1. The summed E-state index contributed by atoms with van der Waals surface area (Å²) in [6.07, 6.45) is 5.57. The van der Waals surface area contributed by atoms with Crippen molar-refractivity contribution in [3.05, 3.63) is 74.9 Å². The fourth-order valence-corrected chi connectivity index (χ4v) is 4.29. The van der Waals surface area contributed by atoms with Gasteiger partial charge in [0.1, 0.15) is 5.83 Å². The van der Waals surface area contributed by atoms with Gasteiger partial charge in [-0.3, -0.25) is 19.3 Å². The highest BCUT2D eigenvalue weighted by atomic mass is 35.5. The zero-order chi connectivity index (χ0) is 24.7. The molecule has 1 aromatic heterocycles. The summed E-state index contributed by atoms with van der Waals surface area (Å²) >= 11 is 6.02. The van der Waals surface area contributed by atoms with E-state index in [0.29, 0.717) is 29.8 Å². The summed E-state index contributed by atoms with van der Waals surface area (Å²) in [5.74, 6) is 0.0802. The Morgan fingerprint density at radius 1 is 1.18 bits per heavy atom. The Morgan fingerprint density at radius 3 is 2.62 bits per heavy atom. The second kappa shape index (κ2) is 12.1. The second-order valence-electron chi connectivity index (χ2n) is 8.10. The lowest BCUT2D eigenvalue weighted by molar-refractivity contribution is 0.162. The van der Waals surface area contributed by atoms with Crippen molar-refractivity contribution in [3.8, 4) is 0 Å². The molecular weight excluding hydrogens is 453 g/mol. The first-order chi connectivity index (χ1) is 16.5. The third-order valence-corrected chi connectivity index (χ3v) is 6.25. The van der Waals surface area contributed by atoms with Gasteiger partial charge in [0.25, 0.3) is 5.56 Å². The number of anilines is 1. The fourth-order valence-electron chi connectivity index (χ4n) is 4.16. The Bertz CT molecular complexity index is 1120. The van der Waals surface area contributed by atoms with E-state index in [2.05, 4.69) is 33.8 Å². The molecule has 182 valence electrons. The Morgan fingerprint density at radius 2 is 1.91 bits per heavy atom. The molecule has 1 saturated heterocycles. The van der Waals surface area contributed by atoms with Crippen molar-refractivity contribution in [2.45, 2.75) is 39.8 Å². The first-order valence-electron chi connectivity index (χ1n) is 11.8. The van der Waals surface area contributed by atoms with Crippen molar-refractivity contribution in [1.29, 1.82) is 0 Å². The normalized spacial score (nSPS) is 18.5. The van der Waals surface area contributed by atoms with E-state index in [-0.39, 0.29) is 5.56 Å². The van der Waals surface area contributed by atoms with Crippen LogP contribution in [0.15, 0.2) is 58.1 Å². The quantitative estimate of drug-likeness (QED) is 0.605. The molecule has 0 N–H and O–H groups in total. The number of benzene rings is 1. The molecule has 3 heterocycles. The van der Waals surface area contributed by atoms with Crippen LogP contribution < -0.4 is 10.5 Å². The topological polar surface area (TPSA) is 53.7 Å². The van der Waals surface area contributed by atoms with Crippen LogP contribution in [-0.4, -0.2) is 52.9 Å². The molecule has 0 radical (unpaired) electrons. The molecule has 0 bridgehead atoms. The minimum Gasteiger partial charge on any atom is -0.339 e. The van der Waals surface area contributed by atoms with E-state index < -0.39 is 5.83 Å². The van der Waals surface area contributed by atoms with Gasteiger partial charge in [0.05, 0.1) is 18.5 Å². The summed E-state index contributed by atoms with van der Waals surface area (Å²) in [5.41, 5.74) is 1.63. The summed E-state index contributed by atoms with van der Waals surface area (Å²) in [5, 5.41) is 0.735. The molecule has 4 rings (SSSR count). The van der Waals surface area contributed by atoms with E-state index in [1.807, 2.05) is 26.0 Å². The van der Waals surface area contributed by atoms with Crippen LogP contribution in [0.2, 0.25) is 5.02 Å². The molecule has 1 atom stereocenters. The van der Waals surface area contributed by atoms with Gasteiger partial charge >= 0.3 is 0 Å². The Hall–Kier alpha value is -2.77. The third-order valence-electron chi connectivity index (χ3n) is 6.00. The Balaban J connectivity index is 0.00000158. The summed E-state index contributed by atoms with van der Waals surface area (Å²) in [6, 6.07) is 9.64. The first kappa shape index (κ1) is 25.8. The maximum atomic E-state index is 14.5. The average Bonchev–Trinajstić information content (AvgIpc) is 3.08. The van der Waals surface area contributed by atoms with E-state index >= 15 is 0 Å². The summed E-state index contributed by atoms with van der Waals surface area (Å²) in [4.78, 5) is 26.0. The maximum absolute atomic E-state index is 14.5. The molecule has 1 aromatic carbocycles. The molecule has 1 unspecified atom stereocenters. The van der Waals surface area contributed by atoms with Crippen molar-refractivity contribution in [2.75, 3.05) is 31.1 Å². The van der Waals surface area contributed by atoms with E-state index in [9.17, 15) is 9.18 Å². The van der Waals surface area contributed by atoms with Crippen LogP contribution in [0, 0.1) is 0 Å². The average molecular weight is 486 g/mol. The highest BCUT2D eigenvalue weighted by Gasteiger charge is 2.28. The molecule has 2 aliphatic heterocycles. The van der Waals surface area contributed by atoms with Crippen LogP contribution in [-0.2, 0) is 13.6 Å². The van der Waals surface area contributed by atoms with Crippen LogP contribution in [0.1, 0.15) is 38.4 Å². The standard InChI is InChI=1S/C24H27ClFN5O.C2H6/c1-3-19-16-31(12-11-30(19)15-17-6-8-18(25)9-7-17)24-28-22(13-23(32)29(24)2)20-5-4-10-27-14-21(20)26;1-2/h4-9,13-14,19H,3,10-12,15-16H2,1-2H3;1-2H3. The van der Waals surface area contributed by atoms with Crippen molar-refractivity contribution < 1.29 is 4.39 Å². The number of nitrogens with zero attached hydrogens (tertiary/aromatic N) is 5. The van der Waals surface area contributed by atoms with Gasteiger partial charge in [0, 0.05) is 55.9 Å². The van der Waals surface area contributed by atoms with E-state index in [1.165, 1.54) is 22.4 Å². The van der Waals surface area contributed by atoms with Gasteiger partial charge in [-0.05, 0) is 24.1 Å². The van der Waals surface area contributed by atoms with Crippen molar-refractivity contribution >= 4 is 29.3 Å². The van der Waals surface area contributed by atoms with Gasteiger partial charge in [-0.25, -0.2) is 9.37 Å². The minimum absolute atomic E-state index is 0.212.